The minimum atomic E-state index is -0.198. The van der Waals surface area contributed by atoms with Gasteiger partial charge >= 0.3 is 0 Å². The number of piperidine rings is 1. The van der Waals surface area contributed by atoms with Gasteiger partial charge in [-0.2, -0.15) is 0 Å². The van der Waals surface area contributed by atoms with Gasteiger partial charge in [-0.25, -0.2) is 0 Å². The zero-order valence-corrected chi connectivity index (χ0v) is 11.5. The van der Waals surface area contributed by atoms with Crippen molar-refractivity contribution < 1.29 is 9.47 Å². The first-order valence-corrected chi connectivity index (χ1v) is 7.50. The van der Waals surface area contributed by atoms with Gasteiger partial charge in [0, 0.05) is 32.0 Å². The van der Waals surface area contributed by atoms with E-state index in [9.17, 15) is 0 Å². The molecule has 0 aromatic heterocycles. The molecule has 0 radical (unpaired) electrons. The van der Waals surface area contributed by atoms with Crippen LogP contribution >= 0.6 is 0 Å². The van der Waals surface area contributed by atoms with Gasteiger partial charge < -0.3 is 14.8 Å². The summed E-state index contributed by atoms with van der Waals surface area (Å²) in [4.78, 5) is 2.45. The maximum absolute atomic E-state index is 6.19. The molecule has 2 aliphatic heterocycles. The van der Waals surface area contributed by atoms with Crippen LogP contribution in [0.2, 0.25) is 0 Å². The summed E-state index contributed by atoms with van der Waals surface area (Å²) in [6.45, 7) is 4.09. The lowest BCUT2D eigenvalue weighted by molar-refractivity contribution is -0.163. The number of ether oxygens (including phenoxy) is 2. The molecule has 2 unspecified atom stereocenters. The fraction of sp³-hybridized carbons (Fsp3) is 1.00. The summed E-state index contributed by atoms with van der Waals surface area (Å²) >= 11 is 0. The predicted molar refractivity (Wildman–Crippen MR) is 70.5 cm³/mol. The van der Waals surface area contributed by atoms with E-state index in [-0.39, 0.29) is 11.9 Å². The van der Waals surface area contributed by atoms with E-state index in [4.69, 9.17) is 9.47 Å². The van der Waals surface area contributed by atoms with Crippen LogP contribution in [0, 0.1) is 0 Å². The van der Waals surface area contributed by atoms with E-state index in [0.29, 0.717) is 6.04 Å². The number of hydrogen-bond donors (Lipinski definition) is 1. The number of hydrogen-bond acceptors (Lipinski definition) is 4. The van der Waals surface area contributed by atoms with Crippen LogP contribution in [0.15, 0.2) is 0 Å². The Balaban J connectivity index is 1.48. The number of likely N-dealkylation sites (N-methyl/N-ethyl adjacent to an activating group) is 1. The van der Waals surface area contributed by atoms with E-state index in [1.165, 1.54) is 32.2 Å². The number of nitrogens with one attached hydrogen (secondary N) is 1. The van der Waals surface area contributed by atoms with Crippen LogP contribution in [0.3, 0.4) is 0 Å². The molecule has 2 heterocycles. The molecule has 3 rings (SSSR count). The van der Waals surface area contributed by atoms with Crippen molar-refractivity contribution >= 4 is 0 Å². The minimum absolute atomic E-state index is 0.198. The molecule has 1 spiro atoms. The summed E-state index contributed by atoms with van der Waals surface area (Å²) in [7, 11) is 2.22. The van der Waals surface area contributed by atoms with Crippen molar-refractivity contribution in [3.63, 3.8) is 0 Å². The van der Waals surface area contributed by atoms with Crippen LogP contribution in [0.4, 0.5) is 0 Å². The first kappa shape index (κ1) is 12.9. The monoisotopic (exact) mass is 254 g/mol. The summed E-state index contributed by atoms with van der Waals surface area (Å²) in [5.41, 5.74) is 0. The van der Waals surface area contributed by atoms with Crippen LogP contribution in [0.1, 0.15) is 38.5 Å². The van der Waals surface area contributed by atoms with Crippen LogP contribution in [-0.2, 0) is 9.47 Å². The van der Waals surface area contributed by atoms with E-state index in [1.807, 2.05) is 0 Å². The quantitative estimate of drug-likeness (QED) is 0.824. The molecule has 3 fully saturated rings. The van der Waals surface area contributed by atoms with Crippen LogP contribution < -0.4 is 5.32 Å². The lowest BCUT2D eigenvalue weighted by atomic mass is 10.1. The molecule has 0 amide bonds. The van der Waals surface area contributed by atoms with Gasteiger partial charge in [-0.1, -0.05) is 0 Å². The molecular formula is C14H26N2O2. The average molecular weight is 254 g/mol. The molecule has 1 saturated carbocycles. The van der Waals surface area contributed by atoms with Crippen molar-refractivity contribution in [2.75, 3.05) is 33.3 Å². The van der Waals surface area contributed by atoms with Gasteiger partial charge in [-0.15, -0.1) is 0 Å². The highest BCUT2D eigenvalue weighted by atomic mass is 16.7. The number of rotatable bonds is 3. The Bertz CT molecular complexity index is 273. The van der Waals surface area contributed by atoms with Crippen LogP contribution in [0.5, 0.6) is 0 Å². The minimum Gasteiger partial charge on any atom is -0.347 e. The van der Waals surface area contributed by atoms with Crippen molar-refractivity contribution in [1.82, 2.24) is 10.2 Å². The summed E-state index contributed by atoms with van der Waals surface area (Å²) in [6.07, 6.45) is 7.58. The Labute approximate surface area is 110 Å². The van der Waals surface area contributed by atoms with Gasteiger partial charge in [0.25, 0.3) is 0 Å². The lowest BCUT2D eigenvalue weighted by Crippen LogP contribution is -2.47. The van der Waals surface area contributed by atoms with Crippen LogP contribution in [-0.4, -0.2) is 56.1 Å². The molecule has 4 heteroatoms. The zero-order chi connectivity index (χ0) is 12.4. The van der Waals surface area contributed by atoms with Gasteiger partial charge in [0.2, 0.25) is 0 Å². The van der Waals surface area contributed by atoms with Crippen molar-refractivity contribution in [3.05, 3.63) is 0 Å². The summed E-state index contributed by atoms with van der Waals surface area (Å²) in [5, 5.41) is 3.48. The third-order valence-electron chi connectivity index (χ3n) is 4.66. The van der Waals surface area contributed by atoms with Gasteiger partial charge in [-0.3, -0.25) is 4.90 Å². The second kappa shape index (κ2) is 5.45. The first-order chi connectivity index (χ1) is 8.77. The Hall–Kier alpha value is -0.160. The molecule has 3 aliphatic rings. The molecule has 0 aromatic rings. The van der Waals surface area contributed by atoms with Gasteiger partial charge in [0.15, 0.2) is 5.79 Å². The van der Waals surface area contributed by atoms with E-state index in [2.05, 4.69) is 17.3 Å². The number of nitrogens with zero attached hydrogens (tertiary/aromatic N) is 1. The van der Waals surface area contributed by atoms with Crippen molar-refractivity contribution in [1.29, 1.82) is 0 Å². The largest absolute Gasteiger partial charge is 0.347 e. The second-order valence-corrected chi connectivity index (χ2v) is 6.11. The zero-order valence-electron chi connectivity index (χ0n) is 11.5. The summed E-state index contributed by atoms with van der Waals surface area (Å²) < 4.78 is 12.1. The highest BCUT2D eigenvalue weighted by Gasteiger charge is 2.44. The maximum atomic E-state index is 6.19. The fourth-order valence-electron chi connectivity index (χ4n) is 3.56. The van der Waals surface area contributed by atoms with E-state index >= 15 is 0 Å². The van der Waals surface area contributed by atoms with E-state index in [0.717, 1.165) is 32.5 Å². The highest BCUT2D eigenvalue weighted by Crippen LogP contribution is 2.39. The smallest absolute Gasteiger partial charge is 0.168 e. The van der Waals surface area contributed by atoms with Crippen molar-refractivity contribution in [2.24, 2.45) is 0 Å². The normalized spacial score (nSPS) is 35.7. The maximum Gasteiger partial charge on any atom is 0.168 e. The summed E-state index contributed by atoms with van der Waals surface area (Å²) in [5.74, 6) is -0.198. The lowest BCUT2D eigenvalue weighted by Gasteiger charge is -2.33. The third kappa shape index (κ3) is 2.72. The molecular weight excluding hydrogens is 228 g/mol. The third-order valence-corrected chi connectivity index (χ3v) is 4.66. The summed E-state index contributed by atoms with van der Waals surface area (Å²) in [6, 6.07) is 0.669. The standard InChI is InChI=1S/C14H26N2O2/c1-16(12-5-4-8-15-9-12)10-13-11-17-14(18-13)6-2-3-7-14/h12-13,15H,2-11H2,1H3. The van der Waals surface area contributed by atoms with Crippen molar-refractivity contribution in [2.45, 2.75) is 56.5 Å². The molecule has 104 valence electrons. The second-order valence-electron chi connectivity index (χ2n) is 6.11. The average Bonchev–Trinajstić information content (AvgIpc) is 3.02. The molecule has 2 saturated heterocycles. The predicted octanol–water partition coefficient (Wildman–Crippen LogP) is 1.36. The Morgan fingerprint density at radius 1 is 1.28 bits per heavy atom. The van der Waals surface area contributed by atoms with Crippen molar-refractivity contribution in [3.8, 4) is 0 Å². The Morgan fingerprint density at radius 2 is 2.11 bits per heavy atom. The molecule has 0 aromatic carbocycles. The molecule has 1 aliphatic carbocycles. The first-order valence-electron chi connectivity index (χ1n) is 7.50. The molecule has 4 nitrogen and oxygen atoms in total. The van der Waals surface area contributed by atoms with Gasteiger partial charge in [0.1, 0.15) is 0 Å². The molecule has 1 N–H and O–H groups in total. The topological polar surface area (TPSA) is 33.7 Å². The fourth-order valence-corrected chi connectivity index (χ4v) is 3.56. The van der Waals surface area contributed by atoms with E-state index in [1.54, 1.807) is 0 Å². The Kier molecular flexibility index (Phi) is 3.89. The Morgan fingerprint density at radius 3 is 2.83 bits per heavy atom. The van der Waals surface area contributed by atoms with Gasteiger partial charge in [0.05, 0.1) is 12.7 Å². The molecule has 2 atom stereocenters. The SMILES string of the molecule is CN(CC1COC2(CCCC2)O1)C1CCCNC1. The molecule has 0 bridgehead atoms. The van der Waals surface area contributed by atoms with Crippen LogP contribution in [0.25, 0.3) is 0 Å². The van der Waals surface area contributed by atoms with Gasteiger partial charge in [-0.05, 0) is 39.3 Å². The van der Waals surface area contributed by atoms with E-state index < -0.39 is 0 Å². The highest BCUT2D eigenvalue weighted by molar-refractivity contribution is 4.86. The molecule has 18 heavy (non-hydrogen) atoms.